The van der Waals surface area contributed by atoms with E-state index in [0.717, 1.165) is 11.2 Å². The van der Waals surface area contributed by atoms with Crippen molar-refractivity contribution in [3.63, 3.8) is 0 Å². The first-order valence-corrected chi connectivity index (χ1v) is 31.7. The van der Waals surface area contributed by atoms with Gasteiger partial charge < -0.3 is 14.1 Å². The van der Waals surface area contributed by atoms with Crippen molar-refractivity contribution in [2.75, 3.05) is 9.71 Å². The minimum absolute atomic E-state index is 0.0334. The third kappa shape index (κ3) is 7.35. The number of thiophene rings is 1. The van der Waals surface area contributed by atoms with Gasteiger partial charge in [-0.1, -0.05) is 150 Å². The molecule has 8 aromatic rings. The molecule has 0 amide bonds. The molecule has 0 radical (unpaired) electrons. The Bertz CT molecular complexity index is 4040. The lowest BCUT2D eigenvalue weighted by molar-refractivity contribution is 0.332. The van der Waals surface area contributed by atoms with Crippen LogP contribution in [0.25, 0.3) is 43.2 Å². The minimum Gasteiger partial charge on any atom is -0.456 e. The van der Waals surface area contributed by atoms with E-state index >= 15 is 0 Å². The molecule has 4 heterocycles. The lowest BCUT2D eigenvalue weighted by Crippen LogP contribution is -2.60. The van der Waals surface area contributed by atoms with E-state index in [1.165, 1.54) is 178 Å². The third-order valence-corrected chi connectivity index (χ3v) is 23.8. The zero-order valence-corrected chi connectivity index (χ0v) is 53.3. The molecule has 0 fully saturated rings. The summed E-state index contributed by atoms with van der Waals surface area (Å²) in [5.74, 6) is 0. The molecule has 0 spiro atoms. The van der Waals surface area contributed by atoms with Gasteiger partial charge in [0.05, 0.1) is 5.69 Å². The Morgan fingerprint density at radius 3 is 1.46 bits per heavy atom. The van der Waals surface area contributed by atoms with E-state index in [0.29, 0.717) is 0 Å². The Labute approximate surface area is 484 Å². The first-order chi connectivity index (χ1) is 37.1. The quantitative estimate of drug-likeness (QED) is 0.161. The highest BCUT2D eigenvalue weighted by Gasteiger charge is 2.51. The van der Waals surface area contributed by atoms with E-state index in [4.69, 9.17) is 4.42 Å². The van der Waals surface area contributed by atoms with Crippen LogP contribution in [0.1, 0.15) is 239 Å². The van der Waals surface area contributed by atoms with Crippen LogP contribution in [0.2, 0.25) is 0 Å². The molecular formula is C75H89BN2OS. The van der Waals surface area contributed by atoms with E-state index < -0.39 is 0 Å². The second kappa shape index (κ2) is 16.1. The number of furan rings is 1. The first-order valence-electron chi connectivity index (χ1n) is 30.9. The summed E-state index contributed by atoms with van der Waals surface area (Å²) in [7, 11) is 0. The maximum Gasteiger partial charge on any atom is 0.343 e. The number of hydrogen-bond donors (Lipinski definition) is 0. The first kappa shape index (κ1) is 52.8. The summed E-state index contributed by atoms with van der Waals surface area (Å²) >= 11 is 2.08. The van der Waals surface area contributed by atoms with E-state index in [-0.39, 0.29) is 55.6 Å². The molecule has 0 saturated carbocycles. The highest BCUT2D eigenvalue weighted by Crippen LogP contribution is 2.58. The summed E-state index contributed by atoms with van der Waals surface area (Å²) in [4.78, 5) is 5.65. The zero-order chi connectivity index (χ0) is 56.9. The second-order valence-electron chi connectivity index (χ2n) is 32.9. The predicted octanol–water partition coefficient (Wildman–Crippen LogP) is 20.5. The molecule has 80 heavy (non-hydrogen) atoms. The van der Waals surface area contributed by atoms with Gasteiger partial charge in [-0.2, -0.15) is 0 Å². The Morgan fingerprint density at radius 1 is 0.438 bits per heavy atom. The molecule has 2 aromatic heterocycles. The topological polar surface area (TPSA) is 19.6 Å². The summed E-state index contributed by atoms with van der Waals surface area (Å²) in [5, 5.41) is 3.84. The summed E-state index contributed by atoms with van der Waals surface area (Å²) < 4.78 is 10.1. The van der Waals surface area contributed by atoms with E-state index in [1.54, 1.807) is 0 Å². The molecule has 6 aromatic carbocycles. The summed E-state index contributed by atoms with van der Waals surface area (Å²) in [5.41, 5.74) is 27.6. The Kier molecular flexibility index (Phi) is 10.6. The summed E-state index contributed by atoms with van der Waals surface area (Å²) in [6, 6.07) is 33.6. The van der Waals surface area contributed by atoms with Crippen LogP contribution < -0.4 is 20.0 Å². The fraction of sp³-hybridized carbons (Fsp3) is 0.493. The molecule has 0 saturated heterocycles. The van der Waals surface area contributed by atoms with Gasteiger partial charge in [0.2, 0.25) is 0 Å². The number of benzene rings is 6. The molecule has 4 aliphatic carbocycles. The maximum atomic E-state index is 7.27. The number of rotatable bonds is 2. The average Bonchev–Trinajstić information content (AvgIpc) is 1.65. The van der Waals surface area contributed by atoms with Crippen molar-refractivity contribution in [2.24, 2.45) is 0 Å². The van der Waals surface area contributed by atoms with Crippen LogP contribution in [-0.2, 0) is 48.7 Å². The number of nitrogens with zero attached hydrogens (tertiary/aromatic N) is 2. The van der Waals surface area contributed by atoms with Gasteiger partial charge in [-0.15, -0.1) is 11.3 Å². The highest BCUT2D eigenvalue weighted by atomic mass is 32.1. The van der Waals surface area contributed by atoms with Crippen molar-refractivity contribution in [3.05, 3.63) is 134 Å². The zero-order valence-electron chi connectivity index (χ0n) is 52.5. The number of hydrogen-bond acceptors (Lipinski definition) is 4. The van der Waals surface area contributed by atoms with Gasteiger partial charge >= 0.3 is 6.85 Å². The molecule has 14 rings (SSSR count). The van der Waals surface area contributed by atoms with E-state index in [1.807, 2.05) is 0 Å². The molecule has 2 aliphatic heterocycles. The molecule has 0 atom stereocenters. The van der Waals surface area contributed by atoms with Gasteiger partial charge in [0.25, 0.3) is 0 Å². The van der Waals surface area contributed by atoms with Gasteiger partial charge in [-0.3, -0.25) is 0 Å². The number of anilines is 5. The van der Waals surface area contributed by atoms with Crippen LogP contribution in [0, 0.1) is 6.92 Å². The van der Waals surface area contributed by atoms with Crippen LogP contribution >= 0.6 is 11.3 Å². The maximum absolute atomic E-state index is 7.27. The fourth-order valence-corrected chi connectivity index (χ4v) is 17.8. The molecule has 6 aliphatic rings. The molecule has 5 heteroatoms. The van der Waals surface area contributed by atoms with E-state index in [9.17, 15) is 0 Å². The molecule has 0 N–H and O–H groups in total. The van der Waals surface area contributed by atoms with Gasteiger partial charge in [0.1, 0.15) is 11.2 Å². The van der Waals surface area contributed by atoms with Crippen LogP contribution in [-0.4, -0.2) is 6.85 Å². The Morgan fingerprint density at radius 2 is 0.900 bits per heavy atom. The summed E-state index contributed by atoms with van der Waals surface area (Å²) in [6.45, 7) is 49.3. The Hall–Kier alpha value is -5.26. The van der Waals surface area contributed by atoms with Crippen molar-refractivity contribution in [1.29, 1.82) is 0 Å². The van der Waals surface area contributed by atoms with Crippen LogP contribution in [0.4, 0.5) is 28.4 Å². The number of fused-ring (bicyclic) bond motifs is 13. The van der Waals surface area contributed by atoms with Gasteiger partial charge in [-0.05, 0) is 234 Å². The van der Waals surface area contributed by atoms with Crippen LogP contribution in [0.5, 0.6) is 0 Å². The van der Waals surface area contributed by atoms with Gasteiger partial charge in [0, 0.05) is 53.9 Å². The average molecular weight is 1080 g/mol. The highest BCUT2D eigenvalue weighted by molar-refractivity contribution is 7.32. The van der Waals surface area contributed by atoms with Gasteiger partial charge in [-0.25, -0.2) is 0 Å². The SMILES string of the molecule is Cc1cc2c(cc1N1c3cc(C(C)(C)C)cc4c3B(c3sc5cc6c(cc5c31)C(C)(C)CCC6(C)C)N(c1ccc3c(c1)C(C)(C)CCC3(C)C)c1cc3c(cc1-4)oc1cc4c(cc13)C(C)(C)CCC4(C)C)C(C)(C)CCC2(C)C. The van der Waals surface area contributed by atoms with Gasteiger partial charge in [0.15, 0.2) is 0 Å². The minimum atomic E-state index is -0.133. The van der Waals surface area contributed by atoms with Crippen LogP contribution in [0.3, 0.4) is 0 Å². The standard InChI is InChI=1S/C75H89BN2OS/c1-42-31-51-55(73(15,16)28-25-69(51,7)8)39-58(42)77-60-33-43(67(2,3)4)32-48-45-38-61-47(46-35-53-56(40-62(46)79-61)74(17,18)29-26-71(53,11)12)37-59(45)78(44-21-22-50-52(34-44)70(9,10)24-23-68(50,5)6)76(64(48)60)66-65(77)49-36-54-57(41-63(49)80-66)75(19,20)30-27-72(54,13)14/h21-22,31-41H,23-30H2,1-20H3. The molecule has 0 unspecified atom stereocenters. The monoisotopic (exact) mass is 1080 g/mol. The summed E-state index contributed by atoms with van der Waals surface area (Å²) in [6.07, 6.45) is 9.43. The smallest absolute Gasteiger partial charge is 0.343 e. The van der Waals surface area contributed by atoms with Crippen molar-refractivity contribution < 1.29 is 4.42 Å². The number of aryl methyl sites for hydroxylation is 1. The molecule has 3 nitrogen and oxygen atoms in total. The van der Waals surface area contributed by atoms with Crippen molar-refractivity contribution in [3.8, 4) is 11.1 Å². The third-order valence-electron chi connectivity index (χ3n) is 22.6. The lowest BCUT2D eigenvalue weighted by Gasteiger charge is -2.47. The fourth-order valence-electron chi connectivity index (χ4n) is 16.5. The van der Waals surface area contributed by atoms with E-state index in [2.05, 4.69) is 238 Å². The normalized spacial score (nSPS) is 21.8. The lowest BCUT2D eigenvalue weighted by atomic mass is 9.46. The predicted molar refractivity (Wildman–Crippen MR) is 347 cm³/mol. The van der Waals surface area contributed by atoms with Crippen LogP contribution in [0.15, 0.2) is 83.3 Å². The van der Waals surface area contributed by atoms with Crippen molar-refractivity contribution in [1.82, 2.24) is 0 Å². The molecule has 0 bridgehead atoms. The second-order valence-corrected chi connectivity index (χ2v) is 34.0. The molecule has 414 valence electrons. The molecular weight excluding hydrogens is 988 g/mol. The Balaban J connectivity index is 1.15. The van der Waals surface area contributed by atoms with Crippen molar-refractivity contribution in [2.45, 2.75) is 239 Å². The van der Waals surface area contributed by atoms with Crippen molar-refractivity contribution >= 4 is 88.9 Å². The largest absolute Gasteiger partial charge is 0.456 e.